The molecule has 6 heteroatoms. The summed E-state index contributed by atoms with van der Waals surface area (Å²) >= 11 is 6.20. The zero-order valence-corrected chi connectivity index (χ0v) is 15.7. The van der Waals surface area contributed by atoms with Crippen molar-refractivity contribution in [2.24, 2.45) is 5.73 Å². The Morgan fingerprint density at radius 1 is 1.00 bits per heavy atom. The monoisotopic (exact) mass is 400 g/mol. The first kappa shape index (κ1) is 17.4. The fraction of sp³-hybridized carbons (Fsp3) is 0.0435. The zero-order valence-electron chi connectivity index (χ0n) is 15.0. The first-order valence-electron chi connectivity index (χ1n) is 8.89. The van der Waals surface area contributed by atoms with Gasteiger partial charge in [0.1, 0.15) is 23.0 Å². The quantitative estimate of drug-likeness (QED) is 0.463. The highest BCUT2D eigenvalue weighted by atomic mass is 35.5. The SMILES string of the molecule is N#CC1=C(N)Oc2cc3ccccc3cc2C1c1cc(=O)oc2ccc(Cl)cc12. The second-order valence-corrected chi connectivity index (χ2v) is 7.26. The third-order valence-corrected chi connectivity index (χ3v) is 5.37. The van der Waals surface area contributed by atoms with Gasteiger partial charge >= 0.3 is 5.63 Å². The summed E-state index contributed by atoms with van der Waals surface area (Å²) < 4.78 is 11.1. The summed E-state index contributed by atoms with van der Waals surface area (Å²) in [5, 5.41) is 12.9. The molecule has 1 unspecified atom stereocenters. The molecule has 0 saturated carbocycles. The van der Waals surface area contributed by atoms with Gasteiger partial charge in [-0.1, -0.05) is 35.9 Å². The van der Waals surface area contributed by atoms with Crippen molar-refractivity contribution in [3.63, 3.8) is 0 Å². The Morgan fingerprint density at radius 3 is 2.52 bits per heavy atom. The lowest BCUT2D eigenvalue weighted by atomic mass is 9.81. The lowest BCUT2D eigenvalue weighted by molar-refractivity contribution is 0.394. The summed E-state index contributed by atoms with van der Waals surface area (Å²) in [5.74, 6) is -0.0178. The molecule has 4 aromatic rings. The van der Waals surface area contributed by atoms with Gasteiger partial charge in [-0.25, -0.2) is 4.79 Å². The van der Waals surface area contributed by atoms with E-state index in [1.54, 1.807) is 18.2 Å². The van der Waals surface area contributed by atoms with Crippen LogP contribution in [0.25, 0.3) is 21.7 Å². The summed E-state index contributed by atoms with van der Waals surface area (Å²) in [4.78, 5) is 12.3. The van der Waals surface area contributed by atoms with Crippen molar-refractivity contribution in [1.29, 1.82) is 5.26 Å². The Morgan fingerprint density at radius 2 is 1.76 bits per heavy atom. The van der Waals surface area contributed by atoms with E-state index in [1.165, 1.54) is 6.07 Å². The molecule has 1 aliphatic rings. The molecule has 140 valence electrons. The summed E-state index contributed by atoms with van der Waals surface area (Å²) in [6.07, 6.45) is 0. The van der Waals surface area contributed by atoms with Crippen LogP contribution in [0, 0.1) is 11.3 Å². The minimum atomic E-state index is -0.585. The number of ether oxygens (including phenoxy) is 1. The van der Waals surface area contributed by atoms with E-state index in [9.17, 15) is 10.1 Å². The Labute approximate surface area is 170 Å². The number of nitrogens with zero attached hydrogens (tertiary/aromatic N) is 1. The predicted molar refractivity (Wildman–Crippen MR) is 111 cm³/mol. The van der Waals surface area contributed by atoms with Crippen LogP contribution in [0.1, 0.15) is 17.0 Å². The molecule has 0 amide bonds. The lowest BCUT2D eigenvalue weighted by Crippen LogP contribution is -2.22. The number of benzene rings is 3. The summed E-state index contributed by atoms with van der Waals surface area (Å²) in [5.41, 5.74) is 7.55. The number of hydrogen-bond acceptors (Lipinski definition) is 5. The zero-order chi connectivity index (χ0) is 20.1. The second kappa shape index (κ2) is 6.40. The van der Waals surface area contributed by atoms with Crippen LogP contribution < -0.4 is 16.1 Å². The smallest absolute Gasteiger partial charge is 0.336 e. The molecule has 0 bridgehead atoms. The van der Waals surface area contributed by atoms with E-state index in [0.717, 1.165) is 16.3 Å². The molecular weight excluding hydrogens is 388 g/mol. The molecule has 1 atom stereocenters. The Hall–Kier alpha value is -3.75. The van der Waals surface area contributed by atoms with E-state index in [0.29, 0.717) is 27.3 Å². The van der Waals surface area contributed by atoms with Crippen LogP contribution in [-0.2, 0) is 0 Å². The topological polar surface area (TPSA) is 89.3 Å². The van der Waals surface area contributed by atoms with Crippen molar-refractivity contribution in [3.05, 3.63) is 98.7 Å². The van der Waals surface area contributed by atoms with E-state index in [4.69, 9.17) is 26.5 Å². The number of hydrogen-bond donors (Lipinski definition) is 1. The summed E-state index contributed by atoms with van der Waals surface area (Å²) in [7, 11) is 0. The van der Waals surface area contributed by atoms with Crippen LogP contribution in [0.2, 0.25) is 5.02 Å². The van der Waals surface area contributed by atoms with Crippen LogP contribution in [0.5, 0.6) is 5.75 Å². The summed E-state index contributed by atoms with van der Waals surface area (Å²) in [6, 6.07) is 20.2. The number of halogens is 1. The average Bonchev–Trinajstić information content (AvgIpc) is 2.71. The molecule has 0 saturated heterocycles. The third-order valence-electron chi connectivity index (χ3n) is 5.13. The van der Waals surface area contributed by atoms with Gasteiger partial charge in [-0.3, -0.25) is 0 Å². The molecule has 29 heavy (non-hydrogen) atoms. The van der Waals surface area contributed by atoms with Crippen molar-refractivity contribution in [1.82, 2.24) is 0 Å². The van der Waals surface area contributed by atoms with E-state index in [-0.39, 0.29) is 11.5 Å². The van der Waals surface area contributed by atoms with Gasteiger partial charge in [0.05, 0.1) is 5.92 Å². The standard InChI is InChI=1S/C23H13ClN2O3/c24-14-5-6-19-15(9-14)16(10-21(27)28-19)22-17-7-12-3-1-2-4-13(12)8-20(17)29-23(26)18(22)11-25/h1-10,22H,26H2. The first-order valence-corrected chi connectivity index (χ1v) is 9.26. The van der Waals surface area contributed by atoms with E-state index >= 15 is 0 Å². The van der Waals surface area contributed by atoms with Crippen molar-refractivity contribution >= 4 is 33.3 Å². The number of nitrogens with two attached hydrogens (primary N) is 1. The molecule has 1 aliphatic heterocycles. The Balaban J connectivity index is 1.89. The molecule has 0 spiro atoms. The Kier molecular flexibility index (Phi) is 3.83. The van der Waals surface area contributed by atoms with Crippen molar-refractivity contribution in [2.45, 2.75) is 5.92 Å². The van der Waals surface area contributed by atoms with Crippen LogP contribution in [0.4, 0.5) is 0 Å². The second-order valence-electron chi connectivity index (χ2n) is 6.82. The van der Waals surface area contributed by atoms with Crippen molar-refractivity contribution < 1.29 is 9.15 Å². The first-order chi connectivity index (χ1) is 14.0. The van der Waals surface area contributed by atoms with Gasteiger partial charge in [0.25, 0.3) is 0 Å². The van der Waals surface area contributed by atoms with E-state index < -0.39 is 11.5 Å². The van der Waals surface area contributed by atoms with Gasteiger partial charge in [0.15, 0.2) is 0 Å². The van der Waals surface area contributed by atoms with Crippen molar-refractivity contribution in [2.75, 3.05) is 0 Å². The van der Waals surface area contributed by atoms with Gasteiger partial charge in [0.2, 0.25) is 5.88 Å². The molecule has 5 nitrogen and oxygen atoms in total. The van der Waals surface area contributed by atoms with Gasteiger partial charge in [-0.15, -0.1) is 0 Å². The Bertz CT molecular complexity index is 1450. The summed E-state index contributed by atoms with van der Waals surface area (Å²) in [6.45, 7) is 0. The normalized spacial score (nSPS) is 15.8. The fourth-order valence-corrected chi connectivity index (χ4v) is 4.04. The van der Waals surface area contributed by atoms with Crippen LogP contribution in [0.3, 0.4) is 0 Å². The average molecular weight is 401 g/mol. The molecule has 0 aliphatic carbocycles. The fourth-order valence-electron chi connectivity index (χ4n) is 3.86. The number of rotatable bonds is 1. The van der Waals surface area contributed by atoms with Gasteiger partial charge in [-0.2, -0.15) is 5.26 Å². The lowest BCUT2D eigenvalue weighted by Gasteiger charge is -2.27. The van der Waals surface area contributed by atoms with E-state index in [2.05, 4.69) is 6.07 Å². The highest BCUT2D eigenvalue weighted by Crippen LogP contribution is 2.45. The molecule has 0 fully saturated rings. The minimum Gasteiger partial charge on any atom is -0.440 e. The molecule has 2 heterocycles. The molecule has 3 aromatic carbocycles. The maximum atomic E-state index is 12.3. The van der Waals surface area contributed by atoms with Gasteiger partial charge in [-0.05, 0) is 46.7 Å². The molecule has 5 rings (SSSR count). The molecular formula is C23H13ClN2O3. The van der Waals surface area contributed by atoms with Crippen LogP contribution in [0.15, 0.2) is 81.3 Å². The number of nitriles is 1. The van der Waals surface area contributed by atoms with E-state index in [1.807, 2.05) is 36.4 Å². The van der Waals surface area contributed by atoms with Gasteiger partial charge < -0.3 is 14.9 Å². The molecule has 2 N–H and O–H groups in total. The minimum absolute atomic E-state index is 0.0173. The third kappa shape index (κ3) is 2.74. The molecule has 1 aromatic heterocycles. The van der Waals surface area contributed by atoms with Crippen molar-refractivity contribution in [3.8, 4) is 11.8 Å². The number of allylic oxidation sites excluding steroid dienone is 1. The number of fused-ring (bicyclic) bond motifs is 3. The van der Waals surface area contributed by atoms with Gasteiger partial charge in [0, 0.05) is 22.0 Å². The largest absolute Gasteiger partial charge is 0.440 e. The van der Waals surface area contributed by atoms with Crippen LogP contribution in [-0.4, -0.2) is 0 Å². The maximum absolute atomic E-state index is 12.3. The van der Waals surface area contributed by atoms with Crippen LogP contribution >= 0.6 is 11.6 Å². The predicted octanol–water partition coefficient (Wildman–Crippen LogP) is 4.82. The maximum Gasteiger partial charge on any atom is 0.336 e. The molecule has 0 radical (unpaired) electrons. The highest BCUT2D eigenvalue weighted by Gasteiger charge is 2.32. The highest BCUT2D eigenvalue weighted by molar-refractivity contribution is 6.31.